The molecule has 1 aliphatic carbocycles. The highest BCUT2D eigenvalue weighted by Gasteiger charge is 2.51. The minimum Gasteiger partial charge on any atom is -0.457 e. The molecule has 0 bridgehead atoms. The van der Waals surface area contributed by atoms with Crippen LogP contribution in [-0.4, -0.2) is 53.7 Å². The maximum Gasteiger partial charge on any atom is 0.407 e. The molecule has 43 heavy (non-hydrogen) atoms. The summed E-state index contributed by atoms with van der Waals surface area (Å²) in [5.41, 5.74) is 0.972. The quantitative estimate of drug-likeness (QED) is 0.356. The van der Waals surface area contributed by atoms with Gasteiger partial charge in [-0.15, -0.1) is 0 Å². The van der Waals surface area contributed by atoms with Crippen LogP contribution in [0.25, 0.3) is 0 Å². The molecule has 0 radical (unpaired) electrons. The number of hydrogen-bond donors (Lipinski definition) is 4. The molecular formula is C32H39N5O5S. The van der Waals surface area contributed by atoms with Crippen LogP contribution in [0.3, 0.4) is 0 Å². The number of thioether (sulfide) groups is 1. The predicted octanol–water partition coefficient (Wildman–Crippen LogP) is 5.22. The number of ether oxygens (including phenoxy) is 2. The normalized spacial score (nSPS) is 26.7. The van der Waals surface area contributed by atoms with Crippen LogP contribution in [0.5, 0.6) is 11.5 Å². The molecule has 0 spiro atoms. The number of carbonyl (C=O) groups excluding carboxylic acids is 3. The van der Waals surface area contributed by atoms with E-state index in [-0.39, 0.29) is 41.4 Å². The number of rotatable bonds is 6. The van der Waals surface area contributed by atoms with Gasteiger partial charge in [-0.25, -0.2) is 9.59 Å². The Morgan fingerprint density at radius 2 is 1.56 bits per heavy atom. The summed E-state index contributed by atoms with van der Waals surface area (Å²) in [6.45, 7) is 6.29. The van der Waals surface area contributed by atoms with Crippen molar-refractivity contribution in [1.82, 2.24) is 21.3 Å². The Balaban J connectivity index is 1.10. The zero-order valence-electron chi connectivity index (χ0n) is 24.7. The van der Waals surface area contributed by atoms with Gasteiger partial charge < -0.3 is 30.7 Å². The summed E-state index contributed by atoms with van der Waals surface area (Å²) in [7, 11) is 0. The molecule has 4 amide bonds. The highest BCUT2D eigenvalue weighted by molar-refractivity contribution is 8.04. The van der Waals surface area contributed by atoms with Crippen molar-refractivity contribution in [3.8, 4) is 11.5 Å². The lowest BCUT2D eigenvalue weighted by atomic mass is 9.86. The van der Waals surface area contributed by atoms with Gasteiger partial charge in [0.15, 0.2) is 0 Å². The number of benzene rings is 2. The first-order valence-corrected chi connectivity index (χ1v) is 15.9. The number of nitrogens with zero attached hydrogens (tertiary/aromatic N) is 1. The molecule has 3 heterocycles. The standard InChI is InChI=1S/C32H39N5O5S/c1-32(2,3)42-31(40)35-20-11-9-19(10-12-20)34-28(38)27-26-25-24(17-18-33-29(25)43-27)37(30(39)36-26)21-13-15-23(16-14-21)41-22-7-5-4-6-8-22/h4-8,13-16,19-20,24-25,29,33H,9-12,17-18H2,1-3H3,(H,34,38)(H,35,40)(H,36,39). The number of amides is 4. The summed E-state index contributed by atoms with van der Waals surface area (Å²) >= 11 is 1.51. The molecule has 10 nitrogen and oxygen atoms in total. The molecule has 1 saturated carbocycles. The molecule has 3 fully saturated rings. The predicted molar refractivity (Wildman–Crippen MR) is 166 cm³/mol. The second-order valence-electron chi connectivity index (χ2n) is 12.5. The second-order valence-corrected chi connectivity index (χ2v) is 13.6. The van der Waals surface area contributed by atoms with Crippen molar-refractivity contribution in [3.05, 3.63) is 65.2 Å². The van der Waals surface area contributed by atoms with Crippen molar-refractivity contribution < 1.29 is 23.9 Å². The molecule has 0 aromatic heterocycles. The zero-order valence-corrected chi connectivity index (χ0v) is 25.5. The van der Waals surface area contributed by atoms with Gasteiger partial charge in [-0.2, -0.15) is 0 Å². The zero-order chi connectivity index (χ0) is 30.1. The van der Waals surface area contributed by atoms with Gasteiger partial charge in [-0.3, -0.25) is 9.69 Å². The number of carbonyl (C=O) groups is 3. The fraction of sp³-hybridized carbons (Fsp3) is 0.469. The fourth-order valence-electron chi connectivity index (χ4n) is 6.33. The summed E-state index contributed by atoms with van der Waals surface area (Å²) in [5.74, 6) is 1.28. The van der Waals surface area contributed by atoms with Gasteiger partial charge in [0.25, 0.3) is 5.91 Å². The smallest absolute Gasteiger partial charge is 0.407 e. The Labute approximate surface area is 256 Å². The Morgan fingerprint density at radius 3 is 2.23 bits per heavy atom. The van der Waals surface area contributed by atoms with E-state index in [1.807, 2.05) is 80.3 Å². The lowest BCUT2D eigenvalue weighted by Gasteiger charge is -2.45. The molecule has 2 aromatic rings. The lowest BCUT2D eigenvalue weighted by molar-refractivity contribution is -0.117. The van der Waals surface area contributed by atoms with Crippen molar-refractivity contribution in [3.63, 3.8) is 0 Å². The van der Waals surface area contributed by atoms with Crippen molar-refractivity contribution in [2.45, 2.75) is 82.0 Å². The Bertz CT molecular complexity index is 1390. The Hall–Kier alpha value is -3.70. The third-order valence-electron chi connectivity index (χ3n) is 8.22. The van der Waals surface area contributed by atoms with Crippen LogP contribution in [0.2, 0.25) is 0 Å². The van der Waals surface area contributed by atoms with Crippen molar-refractivity contribution in [1.29, 1.82) is 0 Å². The van der Waals surface area contributed by atoms with Gasteiger partial charge in [-0.05, 0) is 95.8 Å². The largest absolute Gasteiger partial charge is 0.457 e. The summed E-state index contributed by atoms with van der Waals surface area (Å²) in [6.07, 6.45) is 3.43. The first kappa shape index (κ1) is 29.4. The first-order chi connectivity index (χ1) is 20.6. The van der Waals surface area contributed by atoms with Crippen molar-refractivity contribution >= 4 is 35.5 Å². The van der Waals surface area contributed by atoms with E-state index in [2.05, 4.69) is 21.3 Å². The molecule has 2 aromatic carbocycles. The van der Waals surface area contributed by atoms with Crippen LogP contribution in [-0.2, 0) is 9.53 Å². The van der Waals surface area contributed by atoms with E-state index in [9.17, 15) is 14.4 Å². The van der Waals surface area contributed by atoms with E-state index < -0.39 is 11.7 Å². The number of alkyl carbamates (subject to hydrolysis) is 1. The van der Waals surface area contributed by atoms with E-state index in [4.69, 9.17) is 9.47 Å². The van der Waals surface area contributed by atoms with Crippen molar-refractivity contribution in [2.24, 2.45) is 5.92 Å². The average molecular weight is 606 g/mol. The topological polar surface area (TPSA) is 121 Å². The van der Waals surface area contributed by atoms with Crippen LogP contribution >= 0.6 is 11.8 Å². The lowest BCUT2D eigenvalue weighted by Crippen LogP contribution is -2.62. The highest BCUT2D eigenvalue weighted by atomic mass is 32.2. The third-order valence-corrected chi connectivity index (χ3v) is 9.58. The van der Waals surface area contributed by atoms with E-state index in [1.165, 1.54) is 11.8 Å². The summed E-state index contributed by atoms with van der Waals surface area (Å²) < 4.78 is 11.3. The molecule has 4 aliphatic rings. The Morgan fingerprint density at radius 1 is 0.907 bits per heavy atom. The Kier molecular flexibility index (Phi) is 8.28. The van der Waals surface area contributed by atoms with Gasteiger partial charge in [0.05, 0.1) is 16.3 Å². The SMILES string of the molecule is CC(C)(C)OC(=O)NC1CCC(NC(=O)C2=C3NC(=O)N(c4ccc(Oc5ccccc5)cc4)C4CCNC(S2)C34)CC1. The number of para-hydroxylation sites is 1. The van der Waals surface area contributed by atoms with E-state index in [0.29, 0.717) is 10.7 Å². The van der Waals surface area contributed by atoms with Crippen LogP contribution in [0.1, 0.15) is 52.9 Å². The fourth-order valence-corrected chi connectivity index (χ4v) is 7.73. The van der Waals surface area contributed by atoms with Crippen LogP contribution in [0, 0.1) is 5.92 Å². The molecule has 3 aliphatic heterocycles. The number of urea groups is 1. The third kappa shape index (κ3) is 6.62. The second kappa shape index (κ2) is 12.1. The number of piperidine rings is 1. The van der Waals surface area contributed by atoms with Gasteiger partial charge in [0, 0.05) is 29.4 Å². The molecule has 228 valence electrons. The molecule has 6 rings (SSSR count). The van der Waals surface area contributed by atoms with Crippen molar-refractivity contribution in [2.75, 3.05) is 11.4 Å². The maximum atomic E-state index is 13.5. The maximum absolute atomic E-state index is 13.5. The summed E-state index contributed by atoms with van der Waals surface area (Å²) in [6, 6.07) is 16.9. The molecule has 3 unspecified atom stereocenters. The van der Waals surface area contributed by atoms with Gasteiger partial charge in [0.2, 0.25) is 0 Å². The number of anilines is 1. The van der Waals surface area contributed by atoms with E-state index in [0.717, 1.165) is 55.8 Å². The molecule has 11 heteroatoms. The number of hydrogen-bond acceptors (Lipinski definition) is 7. The minimum absolute atomic E-state index is 0.00653. The van der Waals surface area contributed by atoms with Crippen LogP contribution in [0.4, 0.5) is 15.3 Å². The summed E-state index contributed by atoms with van der Waals surface area (Å²) in [4.78, 5) is 41.6. The molecule has 4 N–H and O–H groups in total. The molecule has 3 atom stereocenters. The van der Waals surface area contributed by atoms with Gasteiger partial charge in [0.1, 0.15) is 17.1 Å². The average Bonchev–Trinajstić information content (AvgIpc) is 3.34. The number of nitrogens with one attached hydrogen (secondary N) is 4. The van der Waals surface area contributed by atoms with Gasteiger partial charge >= 0.3 is 12.1 Å². The van der Waals surface area contributed by atoms with Gasteiger partial charge in [-0.1, -0.05) is 30.0 Å². The molecule has 2 saturated heterocycles. The van der Waals surface area contributed by atoms with Crippen LogP contribution < -0.4 is 30.9 Å². The molecular weight excluding hydrogens is 566 g/mol. The highest BCUT2D eigenvalue weighted by Crippen LogP contribution is 2.48. The van der Waals surface area contributed by atoms with E-state index in [1.54, 1.807) is 0 Å². The van der Waals surface area contributed by atoms with Crippen LogP contribution in [0.15, 0.2) is 65.2 Å². The van der Waals surface area contributed by atoms with E-state index >= 15 is 0 Å². The first-order valence-electron chi connectivity index (χ1n) is 15.0. The minimum atomic E-state index is -0.540. The monoisotopic (exact) mass is 605 g/mol. The summed E-state index contributed by atoms with van der Waals surface area (Å²) in [5, 5.41) is 12.8.